The highest BCUT2D eigenvalue weighted by Crippen LogP contribution is 2.66. The summed E-state index contributed by atoms with van der Waals surface area (Å²) in [4.78, 5) is 28.3. The SMILES string of the molecule is CN1C(=O)C=C[C@@]2(C)C1CC[C@@H]1[C@H]2CC[C@]2(C)C(C(=O)NC34CC5CC(CC(C5)C3)C4)CC[C@@H]12. The van der Waals surface area contributed by atoms with E-state index in [9.17, 15) is 9.59 Å². The molecule has 1 aliphatic heterocycles. The van der Waals surface area contributed by atoms with Gasteiger partial charge in [0.15, 0.2) is 0 Å². The van der Waals surface area contributed by atoms with Crippen LogP contribution in [0.15, 0.2) is 12.2 Å². The first-order valence-electron chi connectivity index (χ1n) is 14.5. The van der Waals surface area contributed by atoms with Crippen molar-refractivity contribution < 1.29 is 9.59 Å². The van der Waals surface area contributed by atoms with E-state index in [0.29, 0.717) is 29.7 Å². The molecule has 2 amide bonds. The van der Waals surface area contributed by atoms with Crippen LogP contribution in [0.5, 0.6) is 0 Å². The van der Waals surface area contributed by atoms with E-state index in [2.05, 4.69) is 25.2 Å². The molecular formula is C30H44N2O2. The number of nitrogens with zero attached hydrogens (tertiary/aromatic N) is 1. The fraction of sp³-hybridized carbons (Fsp3) is 0.867. The van der Waals surface area contributed by atoms with E-state index < -0.39 is 0 Å². The third kappa shape index (κ3) is 2.89. The van der Waals surface area contributed by atoms with Crippen molar-refractivity contribution in [2.75, 3.05) is 7.05 Å². The molecule has 0 saturated heterocycles. The molecule has 1 heterocycles. The van der Waals surface area contributed by atoms with Crippen LogP contribution in [0.1, 0.15) is 90.9 Å². The van der Waals surface area contributed by atoms with Gasteiger partial charge in [0, 0.05) is 30.0 Å². The lowest BCUT2D eigenvalue weighted by molar-refractivity contribution is -0.144. The Morgan fingerprint density at radius 3 is 2.29 bits per heavy atom. The van der Waals surface area contributed by atoms with Gasteiger partial charge in [-0.25, -0.2) is 0 Å². The number of hydrogen-bond acceptors (Lipinski definition) is 2. The molecule has 0 aromatic heterocycles. The van der Waals surface area contributed by atoms with Gasteiger partial charge in [-0.2, -0.15) is 0 Å². The molecule has 186 valence electrons. The van der Waals surface area contributed by atoms with Crippen molar-refractivity contribution in [1.82, 2.24) is 10.2 Å². The first-order chi connectivity index (χ1) is 16.2. The van der Waals surface area contributed by atoms with E-state index in [0.717, 1.165) is 30.6 Å². The maximum absolute atomic E-state index is 14.0. The fourth-order valence-electron chi connectivity index (χ4n) is 11.8. The molecule has 34 heavy (non-hydrogen) atoms. The van der Waals surface area contributed by atoms with Crippen molar-refractivity contribution in [2.45, 2.75) is 102 Å². The van der Waals surface area contributed by atoms with E-state index in [-0.39, 0.29) is 28.2 Å². The van der Waals surface area contributed by atoms with Gasteiger partial charge in [0.05, 0.1) is 0 Å². The summed E-state index contributed by atoms with van der Waals surface area (Å²) in [6, 6.07) is 0.340. The van der Waals surface area contributed by atoms with E-state index in [1.165, 1.54) is 64.2 Å². The number of fused-ring (bicyclic) bond motifs is 5. The Labute approximate surface area is 205 Å². The van der Waals surface area contributed by atoms with Crippen LogP contribution in [0.3, 0.4) is 0 Å². The smallest absolute Gasteiger partial charge is 0.246 e. The number of carbonyl (C=O) groups is 2. The van der Waals surface area contributed by atoms with Gasteiger partial charge >= 0.3 is 0 Å². The Bertz CT molecular complexity index is 905. The Morgan fingerprint density at radius 2 is 1.62 bits per heavy atom. The van der Waals surface area contributed by atoms with E-state index in [4.69, 9.17) is 0 Å². The van der Waals surface area contributed by atoms with E-state index in [1.54, 1.807) is 0 Å². The van der Waals surface area contributed by atoms with Crippen LogP contribution < -0.4 is 5.32 Å². The molecule has 7 aliphatic carbocycles. The van der Waals surface area contributed by atoms with Gasteiger partial charge in [-0.3, -0.25) is 9.59 Å². The quantitative estimate of drug-likeness (QED) is 0.601. The third-order valence-corrected chi connectivity index (χ3v) is 12.9. The molecule has 7 atom stereocenters. The van der Waals surface area contributed by atoms with Crippen LogP contribution in [0.25, 0.3) is 0 Å². The van der Waals surface area contributed by atoms with Crippen LogP contribution in [-0.2, 0) is 9.59 Å². The van der Waals surface area contributed by atoms with Crippen LogP contribution >= 0.6 is 0 Å². The molecule has 0 aromatic carbocycles. The number of likely N-dealkylation sites (N-methyl/N-ethyl adjacent to an activating group) is 1. The van der Waals surface area contributed by atoms with Gasteiger partial charge in [-0.15, -0.1) is 0 Å². The first kappa shape index (κ1) is 21.9. The Kier molecular flexibility index (Phi) is 4.60. The molecule has 1 N–H and O–H groups in total. The van der Waals surface area contributed by atoms with Gasteiger partial charge in [0.25, 0.3) is 0 Å². The highest BCUT2D eigenvalue weighted by molar-refractivity contribution is 5.89. The summed E-state index contributed by atoms with van der Waals surface area (Å²) < 4.78 is 0. The van der Waals surface area contributed by atoms with E-state index in [1.807, 2.05) is 18.0 Å². The van der Waals surface area contributed by atoms with Crippen molar-refractivity contribution in [3.63, 3.8) is 0 Å². The van der Waals surface area contributed by atoms with Crippen molar-refractivity contribution in [3.05, 3.63) is 12.2 Å². The second kappa shape index (κ2) is 7.13. The second-order valence-corrected chi connectivity index (χ2v) is 14.5. The van der Waals surface area contributed by atoms with Gasteiger partial charge in [0.2, 0.25) is 11.8 Å². The maximum atomic E-state index is 14.0. The Balaban J connectivity index is 1.11. The molecular weight excluding hydrogens is 420 g/mol. The molecule has 0 aromatic rings. The molecule has 0 spiro atoms. The summed E-state index contributed by atoms with van der Waals surface area (Å²) in [5.41, 5.74) is 0.371. The molecule has 0 radical (unpaired) electrons. The first-order valence-corrected chi connectivity index (χ1v) is 14.5. The minimum absolute atomic E-state index is 0.0897. The summed E-state index contributed by atoms with van der Waals surface area (Å²) in [7, 11) is 2.00. The molecule has 4 heteroatoms. The summed E-state index contributed by atoms with van der Waals surface area (Å²) >= 11 is 0. The minimum atomic E-state index is 0.0897. The van der Waals surface area contributed by atoms with Crippen LogP contribution in [-0.4, -0.2) is 35.3 Å². The zero-order valence-electron chi connectivity index (χ0n) is 21.5. The lowest BCUT2D eigenvalue weighted by Crippen LogP contribution is -2.62. The highest BCUT2D eigenvalue weighted by atomic mass is 16.2. The maximum Gasteiger partial charge on any atom is 0.246 e. The van der Waals surface area contributed by atoms with E-state index >= 15 is 0 Å². The summed E-state index contributed by atoms with van der Waals surface area (Å²) in [6.07, 6.45) is 19.2. The topological polar surface area (TPSA) is 49.4 Å². The molecule has 7 saturated carbocycles. The van der Waals surface area contributed by atoms with Gasteiger partial charge in [-0.05, 0) is 124 Å². The monoisotopic (exact) mass is 464 g/mol. The largest absolute Gasteiger partial charge is 0.350 e. The summed E-state index contributed by atoms with van der Waals surface area (Å²) in [5.74, 6) is 5.40. The van der Waals surface area contributed by atoms with Crippen molar-refractivity contribution in [3.8, 4) is 0 Å². The minimum Gasteiger partial charge on any atom is -0.350 e. The molecule has 4 nitrogen and oxygen atoms in total. The molecule has 7 fully saturated rings. The van der Waals surface area contributed by atoms with Gasteiger partial charge < -0.3 is 10.2 Å². The summed E-state index contributed by atoms with van der Waals surface area (Å²) in [5, 5.41) is 3.77. The number of rotatable bonds is 2. The highest BCUT2D eigenvalue weighted by Gasteiger charge is 2.62. The second-order valence-electron chi connectivity index (χ2n) is 14.5. The van der Waals surface area contributed by atoms with Gasteiger partial charge in [-0.1, -0.05) is 19.9 Å². The lowest BCUT2D eigenvalue weighted by Gasteiger charge is -2.60. The Morgan fingerprint density at radius 1 is 0.941 bits per heavy atom. The third-order valence-electron chi connectivity index (χ3n) is 12.9. The van der Waals surface area contributed by atoms with Crippen molar-refractivity contribution in [2.24, 2.45) is 52.3 Å². The predicted molar refractivity (Wildman–Crippen MR) is 133 cm³/mol. The van der Waals surface area contributed by atoms with Crippen LogP contribution in [0.4, 0.5) is 0 Å². The molecule has 2 unspecified atom stereocenters. The standard InChI is InChI=1S/C30H44N2O2/c1-28-10-8-23-21(4-7-25-29(23,2)11-9-26(33)32(25)3)22(28)5-6-24(28)27(34)31-30-15-18-12-19(16-30)14-20(13-18)17-30/h9,11,18-25H,4-8,10,12-17H2,1-3H3,(H,31,34)/t18?,19?,20?,21-,22-,23+,24?,25?,28-,29+,30?/m0/s1. The van der Waals surface area contributed by atoms with Crippen LogP contribution in [0.2, 0.25) is 0 Å². The van der Waals surface area contributed by atoms with Gasteiger partial charge in [0.1, 0.15) is 0 Å². The molecule has 8 aliphatic rings. The average molecular weight is 465 g/mol. The number of hydrogen-bond donors (Lipinski definition) is 1. The summed E-state index contributed by atoms with van der Waals surface area (Å²) in [6.45, 7) is 4.90. The van der Waals surface area contributed by atoms with Crippen molar-refractivity contribution in [1.29, 1.82) is 0 Å². The lowest BCUT2D eigenvalue weighted by atomic mass is 9.47. The molecule has 8 rings (SSSR count). The number of carbonyl (C=O) groups excluding carboxylic acids is 2. The average Bonchev–Trinajstić information content (AvgIpc) is 3.13. The van der Waals surface area contributed by atoms with Crippen molar-refractivity contribution >= 4 is 11.8 Å². The fourth-order valence-corrected chi connectivity index (χ4v) is 11.8. The Hall–Kier alpha value is -1.32. The molecule has 4 bridgehead atoms. The van der Waals surface area contributed by atoms with Crippen LogP contribution in [0, 0.1) is 52.3 Å². The normalized spacial score (nSPS) is 55.0. The number of amides is 2. The predicted octanol–water partition coefficient (Wildman–Crippen LogP) is 5.33. The zero-order chi connectivity index (χ0) is 23.5. The zero-order valence-corrected chi connectivity index (χ0v) is 21.5. The number of nitrogens with one attached hydrogen (secondary N) is 1.